The minimum absolute atomic E-state index is 0.122. The number of aromatic nitrogens is 2. The Morgan fingerprint density at radius 1 is 1.14 bits per heavy atom. The summed E-state index contributed by atoms with van der Waals surface area (Å²) in [6.07, 6.45) is 3.87. The van der Waals surface area contributed by atoms with Crippen LogP contribution in [0, 0.1) is 12.7 Å². The smallest absolute Gasteiger partial charge is 0.251 e. The maximum absolute atomic E-state index is 13.7. The summed E-state index contributed by atoms with van der Waals surface area (Å²) in [5.74, 6) is -0.0630. The van der Waals surface area contributed by atoms with Gasteiger partial charge in [0, 0.05) is 30.1 Å². The van der Waals surface area contributed by atoms with Crippen LogP contribution < -0.4 is 10.1 Å². The first-order chi connectivity index (χ1) is 14.1. The SMILES string of the molecule is Cc1cccn2cc(COc3cccc(C(=O)NCc4ccccc4F)c3)nc12. The highest BCUT2D eigenvalue weighted by molar-refractivity contribution is 5.94. The number of aryl methyl sites for hydroxylation is 1. The predicted octanol–water partition coefficient (Wildman–Crippen LogP) is 4.29. The largest absolute Gasteiger partial charge is 0.487 e. The Labute approximate surface area is 167 Å². The number of nitrogens with zero attached hydrogens (tertiary/aromatic N) is 2. The lowest BCUT2D eigenvalue weighted by atomic mass is 10.1. The summed E-state index contributed by atoms with van der Waals surface area (Å²) in [6, 6.07) is 17.2. The van der Waals surface area contributed by atoms with Crippen LogP contribution in [0.1, 0.15) is 27.2 Å². The molecule has 0 unspecified atom stereocenters. The number of benzene rings is 2. The molecule has 1 N–H and O–H groups in total. The van der Waals surface area contributed by atoms with Crippen LogP contribution in [0.4, 0.5) is 4.39 Å². The molecule has 4 aromatic rings. The minimum atomic E-state index is -0.340. The van der Waals surface area contributed by atoms with Gasteiger partial charge in [0.2, 0.25) is 0 Å². The quantitative estimate of drug-likeness (QED) is 0.535. The number of halogens is 1. The van der Waals surface area contributed by atoms with E-state index in [1.807, 2.05) is 35.9 Å². The number of ether oxygens (including phenoxy) is 1. The van der Waals surface area contributed by atoms with Crippen molar-refractivity contribution in [2.75, 3.05) is 0 Å². The molecule has 29 heavy (non-hydrogen) atoms. The Hall–Kier alpha value is -3.67. The van der Waals surface area contributed by atoms with Crippen LogP contribution in [0.25, 0.3) is 5.65 Å². The number of fused-ring (bicyclic) bond motifs is 1. The van der Waals surface area contributed by atoms with Gasteiger partial charge in [0.1, 0.15) is 23.8 Å². The normalized spacial score (nSPS) is 10.8. The van der Waals surface area contributed by atoms with Gasteiger partial charge < -0.3 is 14.5 Å². The Morgan fingerprint density at radius 3 is 2.83 bits per heavy atom. The molecule has 0 bridgehead atoms. The molecule has 0 radical (unpaired) electrons. The third-order valence-corrected chi connectivity index (χ3v) is 4.61. The Balaban J connectivity index is 1.40. The van der Waals surface area contributed by atoms with Crippen molar-refractivity contribution in [2.45, 2.75) is 20.1 Å². The van der Waals surface area contributed by atoms with Crippen molar-refractivity contribution in [3.8, 4) is 5.75 Å². The highest BCUT2D eigenvalue weighted by atomic mass is 19.1. The van der Waals surface area contributed by atoms with Gasteiger partial charge in [-0.15, -0.1) is 0 Å². The number of imidazole rings is 1. The molecule has 0 aliphatic carbocycles. The molecule has 0 aliphatic rings. The fourth-order valence-electron chi connectivity index (χ4n) is 3.08. The summed E-state index contributed by atoms with van der Waals surface area (Å²) in [5.41, 5.74) is 3.67. The standard InChI is InChI=1S/C23H20FN3O2/c1-16-6-5-11-27-14-19(26-22(16)27)15-29-20-9-4-8-17(12-20)23(28)25-13-18-7-2-3-10-21(18)24/h2-12,14H,13,15H2,1H3,(H,25,28). The maximum Gasteiger partial charge on any atom is 0.251 e. The Kier molecular flexibility index (Phi) is 5.24. The van der Waals surface area contributed by atoms with Gasteiger partial charge in [-0.1, -0.05) is 30.3 Å². The van der Waals surface area contributed by atoms with Gasteiger partial charge in [-0.25, -0.2) is 9.37 Å². The number of hydrogen-bond donors (Lipinski definition) is 1. The molecule has 0 spiro atoms. The fraction of sp³-hybridized carbons (Fsp3) is 0.130. The molecule has 2 aromatic carbocycles. The van der Waals surface area contributed by atoms with E-state index in [2.05, 4.69) is 10.3 Å². The van der Waals surface area contributed by atoms with E-state index in [0.717, 1.165) is 16.9 Å². The molecule has 0 saturated carbocycles. The van der Waals surface area contributed by atoms with E-state index in [4.69, 9.17) is 4.74 Å². The van der Waals surface area contributed by atoms with Gasteiger partial charge in [-0.05, 0) is 42.8 Å². The van der Waals surface area contributed by atoms with Crippen LogP contribution >= 0.6 is 0 Å². The highest BCUT2D eigenvalue weighted by Gasteiger charge is 2.09. The number of nitrogens with one attached hydrogen (secondary N) is 1. The lowest BCUT2D eigenvalue weighted by Gasteiger charge is -2.08. The molecule has 6 heteroatoms. The topological polar surface area (TPSA) is 55.6 Å². The summed E-state index contributed by atoms with van der Waals surface area (Å²) in [5, 5.41) is 2.73. The average molecular weight is 389 g/mol. The second kappa shape index (κ2) is 8.14. The molecular formula is C23H20FN3O2. The Bertz CT molecular complexity index is 1170. The molecule has 2 heterocycles. The van der Waals surface area contributed by atoms with Crippen molar-refractivity contribution < 1.29 is 13.9 Å². The third-order valence-electron chi connectivity index (χ3n) is 4.61. The van der Waals surface area contributed by atoms with Crippen LogP contribution in [0.2, 0.25) is 0 Å². The zero-order valence-electron chi connectivity index (χ0n) is 15.9. The van der Waals surface area contributed by atoms with Crippen LogP contribution in [-0.2, 0) is 13.2 Å². The second-order valence-electron chi connectivity index (χ2n) is 6.74. The van der Waals surface area contributed by atoms with E-state index in [1.54, 1.807) is 42.5 Å². The van der Waals surface area contributed by atoms with Crippen LogP contribution in [0.3, 0.4) is 0 Å². The lowest BCUT2D eigenvalue weighted by Crippen LogP contribution is -2.23. The van der Waals surface area contributed by atoms with E-state index in [0.29, 0.717) is 23.5 Å². The second-order valence-corrected chi connectivity index (χ2v) is 6.74. The van der Waals surface area contributed by atoms with E-state index < -0.39 is 0 Å². The highest BCUT2D eigenvalue weighted by Crippen LogP contribution is 2.17. The van der Waals surface area contributed by atoms with Gasteiger partial charge in [0.25, 0.3) is 5.91 Å². The maximum atomic E-state index is 13.7. The molecular weight excluding hydrogens is 369 g/mol. The predicted molar refractivity (Wildman–Crippen MR) is 108 cm³/mol. The van der Waals surface area contributed by atoms with E-state index in [9.17, 15) is 9.18 Å². The average Bonchev–Trinajstić information content (AvgIpc) is 3.16. The van der Waals surface area contributed by atoms with E-state index in [1.165, 1.54) is 6.07 Å². The van der Waals surface area contributed by atoms with Gasteiger partial charge in [-0.2, -0.15) is 0 Å². The van der Waals surface area contributed by atoms with Crippen molar-refractivity contribution >= 4 is 11.6 Å². The number of rotatable bonds is 6. The van der Waals surface area contributed by atoms with Crippen molar-refractivity contribution in [3.63, 3.8) is 0 Å². The first kappa shape index (κ1) is 18.7. The Morgan fingerprint density at radius 2 is 2.00 bits per heavy atom. The molecule has 0 fully saturated rings. The number of amides is 1. The number of pyridine rings is 1. The van der Waals surface area contributed by atoms with E-state index in [-0.39, 0.29) is 18.3 Å². The molecule has 1 amide bonds. The first-order valence-corrected chi connectivity index (χ1v) is 9.28. The molecule has 4 rings (SSSR count). The van der Waals surface area contributed by atoms with Gasteiger partial charge >= 0.3 is 0 Å². The lowest BCUT2D eigenvalue weighted by molar-refractivity contribution is 0.0950. The van der Waals surface area contributed by atoms with Gasteiger partial charge in [0.05, 0.1) is 5.69 Å². The molecule has 0 atom stereocenters. The zero-order chi connectivity index (χ0) is 20.2. The third kappa shape index (κ3) is 4.27. The van der Waals surface area contributed by atoms with Crippen LogP contribution in [0.15, 0.2) is 73.1 Å². The number of carbonyl (C=O) groups is 1. The van der Waals surface area contributed by atoms with E-state index >= 15 is 0 Å². The first-order valence-electron chi connectivity index (χ1n) is 9.28. The van der Waals surface area contributed by atoms with Crippen molar-refractivity contribution in [2.24, 2.45) is 0 Å². The van der Waals surface area contributed by atoms with Crippen molar-refractivity contribution in [1.29, 1.82) is 0 Å². The monoisotopic (exact) mass is 389 g/mol. The van der Waals surface area contributed by atoms with Gasteiger partial charge in [0.15, 0.2) is 0 Å². The fourth-order valence-corrected chi connectivity index (χ4v) is 3.08. The summed E-state index contributed by atoms with van der Waals surface area (Å²) in [6.45, 7) is 2.43. The minimum Gasteiger partial charge on any atom is -0.487 e. The van der Waals surface area contributed by atoms with Crippen molar-refractivity contribution in [1.82, 2.24) is 14.7 Å². The summed E-state index contributed by atoms with van der Waals surface area (Å²) in [7, 11) is 0. The van der Waals surface area contributed by atoms with Crippen LogP contribution in [-0.4, -0.2) is 15.3 Å². The van der Waals surface area contributed by atoms with Crippen molar-refractivity contribution in [3.05, 3.63) is 101 Å². The summed E-state index contributed by atoms with van der Waals surface area (Å²) >= 11 is 0. The summed E-state index contributed by atoms with van der Waals surface area (Å²) in [4.78, 5) is 17.0. The summed E-state index contributed by atoms with van der Waals surface area (Å²) < 4.78 is 21.5. The number of hydrogen-bond acceptors (Lipinski definition) is 3. The van der Waals surface area contributed by atoms with Gasteiger partial charge in [-0.3, -0.25) is 4.79 Å². The zero-order valence-corrected chi connectivity index (χ0v) is 15.9. The van der Waals surface area contributed by atoms with Crippen LogP contribution in [0.5, 0.6) is 5.75 Å². The molecule has 2 aromatic heterocycles. The molecule has 146 valence electrons. The molecule has 5 nitrogen and oxygen atoms in total. The number of carbonyl (C=O) groups excluding carboxylic acids is 1. The molecule has 0 saturated heterocycles. The molecule has 0 aliphatic heterocycles.